The Balaban J connectivity index is 1.95. The lowest BCUT2D eigenvalue weighted by molar-refractivity contribution is -0.122. The van der Waals surface area contributed by atoms with E-state index in [0.717, 1.165) is 36.0 Å². The number of rotatable bonds is 11. The molecule has 0 aliphatic carbocycles. The lowest BCUT2D eigenvalue weighted by atomic mass is 10.2. The van der Waals surface area contributed by atoms with Crippen molar-refractivity contribution in [2.75, 3.05) is 33.2 Å². The van der Waals surface area contributed by atoms with Gasteiger partial charge in [-0.05, 0) is 52.5 Å². The summed E-state index contributed by atoms with van der Waals surface area (Å²) in [7, 11) is 1.99. The van der Waals surface area contributed by atoms with Crippen LogP contribution in [0, 0.1) is 6.92 Å². The number of hydrogen-bond donors (Lipinski definition) is 1. The molecule has 7 heteroatoms. The third-order valence-electron chi connectivity index (χ3n) is 5.23. The molecule has 0 spiro atoms. The number of likely N-dealkylation sites (N-methyl/N-ethyl adjacent to an activating group) is 2. The van der Waals surface area contributed by atoms with E-state index >= 15 is 0 Å². The van der Waals surface area contributed by atoms with E-state index in [0.29, 0.717) is 13.1 Å². The van der Waals surface area contributed by atoms with Crippen molar-refractivity contribution >= 4 is 17.2 Å². The van der Waals surface area contributed by atoms with Crippen molar-refractivity contribution in [1.82, 2.24) is 20.1 Å². The van der Waals surface area contributed by atoms with Gasteiger partial charge in [-0.3, -0.25) is 14.6 Å². The van der Waals surface area contributed by atoms with E-state index in [1.54, 1.807) is 17.6 Å². The standard InChI is InChI=1S/C21H34N4O2S/c1-7-20-23-15(4)21(28-20)16(5)24(6)14-19(26)22-13-17(25(8-2)9-3)18-11-10-12-27-18/h10-12,16-17H,7-9,13-14H2,1-6H3,(H,22,26)/t16-,17-/m0/s1. The van der Waals surface area contributed by atoms with Gasteiger partial charge in [0.1, 0.15) is 5.76 Å². The molecule has 0 bridgehead atoms. The molecule has 0 aliphatic rings. The zero-order valence-corrected chi connectivity index (χ0v) is 18.8. The maximum Gasteiger partial charge on any atom is 0.234 e. The third kappa shape index (κ3) is 5.65. The van der Waals surface area contributed by atoms with E-state index in [4.69, 9.17) is 4.42 Å². The smallest absolute Gasteiger partial charge is 0.234 e. The highest BCUT2D eigenvalue weighted by Gasteiger charge is 2.23. The molecule has 2 aromatic rings. The highest BCUT2D eigenvalue weighted by Crippen LogP contribution is 2.28. The lowest BCUT2D eigenvalue weighted by Crippen LogP contribution is -2.41. The Morgan fingerprint density at radius 3 is 2.57 bits per heavy atom. The van der Waals surface area contributed by atoms with Crippen molar-refractivity contribution in [2.24, 2.45) is 0 Å². The number of nitrogens with zero attached hydrogens (tertiary/aromatic N) is 3. The van der Waals surface area contributed by atoms with Crippen molar-refractivity contribution < 1.29 is 9.21 Å². The van der Waals surface area contributed by atoms with Gasteiger partial charge in [-0.25, -0.2) is 4.98 Å². The first-order valence-electron chi connectivity index (χ1n) is 10.1. The van der Waals surface area contributed by atoms with Crippen molar-refractivity contribution in [2.45, 2.75) is 53.1 Å². The second-order valence-electron chi connectivity index (χ2n) is 7.06. The van der Waals surface area contributed by atoms with Crippen LogP contribution in [0.15, 0.2) is 22.8 Å². The minimum atomic E-state index is 0.0240. The van der Waals surface area contributed by atoms with Crippen LogP contribution in [0.2, 0.25) is 0 Å². The Bertz CT molecular complexity index is 725. The molecule has 0 saturated carbocycles. The highest BCUT2D eigenvalue weighted by atomic mass is 32.1. The van der Waals surface area contributed by atoms with Crippen LogP contribution in [0.25, 0.3) is 0 Å². The molecule has 0 aromatic carbocycles. The summed E-state index contributed by atoms with van der Waals surface area (Å²) in [5, 5.41) is 4.24. The van der Waals surface area contributed by atoms with Crippen LogP contribution in [0.4, 0.5) is 0 Å². The van der Waals surface area contributed by atoms with Crippen molar-refractivity contribution in [3.63, 3.8) is 0 Å². The molecule has 0 aliphatic heterocycles. The number of furan rings is 1. The van der Waals surface area contributed by atoms with Gasteiger partial charge >= 0.3 is 0 Å². The van der Waals surface area contributed by atoms with Gasteiger partial charge in [0.25, 0.3) is 0 Å². The van der Waals surface area contributed by atoms with Crippen molar-refractivity contribution in [3.8, 4) is 0 Å². The highest BCUT2D eigenvalue weighted by molar-refractivity contribution is 7.11. The molecule has 2 heterocycles. The molecule has 1 N–H and O–H groups in total. The predicted octanol–water partition coefficient (Wildman–Crippen LogP) is 3.80. The normalized spacial score (nSPS) is 13.9. The molecule has 156 valence electrons. The quantitative estimate of drug-likeness (QED) is 0.615. The number of nitrogens with one attached hydrogen (secondary N) is 1. The maximum absolute atomic E-state index is 12.6. The van der Waals surface area contributed by atoms with Gasteiger partial charge in [-0.2, -0.15) is 0 Å². The zero-order valence-electron chi connectivity index (χ0n) is 18.0. The van der Waals surface area contributed by atoms with E-state index in [9.17, 15) is 4.79 Å². The van der Waals surface area contributed by atoms with E-state index in [1.165, 1.54) is 4.88 Å². The Hall–Kier alpha value is -1.70. The zero-order chi connectivity index (χ0) is 20.7. The van der Waals surface area contributed by atoms with E-state index < -0.39 is 0 Å². The van der Waals surface area contributed by atoms with E-state index in [1.807, 2.05) is 26.1 Å². The van der Waals surface area contributed by atoms with Crippen LogP contribution in [-0.4, -0.2) is 53.9 Å². The second-order valence-corrected chi connectivity index (χ2v) is 8.17. The summed E-state index contributed by atoms with van der Waals surface area (Å²) >= 11 is 1.75. The summed E-state index contributed by atoms with van der Waals surface area (Å²) in [6.45, 7) is 13.2. The number of aromatic nitrogens is 1. The summed E-state index contributed by atoms with van der Waals surface area (Å²) in [6, 6.07) is 4.08. The molecule has 0 unspecified atom stereocenters. The van der Waals surface area contributed by atoms with Crippen LogP contribution >= 0.6 is 11.3 Å². The fraction of sp³-hybridized carbons (Fsp3) is 0.619. The first kappa shape index (κ1) is 22.6. The first-order valence-corrected chi connectivity index (χ1v) is 10.9. The minimum absolute atomic E-state index is 0.0240. The summed E-state index contributed by atoms with van der Waals surface area (Å²) in [5.74, 6) is 0.911. The summed E-state index contributed by atoms with van der Waals surface area (Å²) in [4.78, 5) is 22.8. The van der Waals surface area contributed by atoms with Gasteiger partial charge in [0.05, 0.1) is 29.6 Å². The molecule has 2 aromatic heterocycles. The summed E-state index contributed by atoms with van der Waals surface area (Å²) in [6.07, 6.45) is 2.63. The average Bonchev–Trinajstić information content (AvgIpc) is 3.34. The molecular weight excluding hydrogens is 372 g/mol. The molecule has 2 rings (SSSR count). The fourth-order valence-corrected chi connectivity index (χ4v) is 4.51. The monoisotopic (exact) mass is 406 g/mol. The number of thiazole rings is 1. The van der Waals surface area contributed by atoms with Crippen LogP contribution in [-0.2, 0) is 11.2 Å². The van der Waals surface area contributed by atoms with E-state index in [2.05, 4.69) is 47.8 Å². The largest absolute Gasteiger partial charge is 0.468 e. The predicted molar refractivity (Wildman–Crippen MR) is 115 cm³/mol. The van der Waals surface area contributed by atoms with Gasteiger partial charge < -0.3 is 9.73 Å². The maximum atomic E-state index is 12.6. The third-order valence-corrected chi connectivity index (χ3v) is 6.70. The van der Waals surface area contributed by atoms with Crippen LogP contribution in [0.1, 0.15) is 61.1 Å². The molecule has 0 saturated heterocycles. The SMILES string of the molecule is CCc1nc(C)c([C@H](C)N(C)CC(=O)NC[C@@H](c2ccco2)N(CC)CC)s1. The number of hydrogen-bond acceptors (Lipinski definition) is 6. The van der Waals surface area contributed by atoms with Crippen LogP contribution in [0.3, 0.4) is 0 Å². The molecule has 2 atom stereocenters. The number of carbonyl (C=O) groups is 1. The molecule has 0 fully saturated rings. The summed E-state index contributed by atoms with van der Waals surface area (Å²) < 4.78 is 5.61. The van der Waals surface area contributed by atoms with Gasteiger partial charge in [0.2, 0.25) is 5.91 Å². The van der Waals surface area contributed by atoms with Gasteiger partial charge in [-0.1, -0.05) is 20.8 Å². The summed E-state index contributed by atoms with van der Waals surface area (Å²) in [5.41, 5.74) is 1.07. The topological polar surface area (TPSA) is 61.6 Å². The number of aryl methyl sites for hydroxylation is 2. The average molecular weight is 407 g/mol. The number of amides is 1. The molecule has 6 nitrogen and oxygen atoms in total. The molecule has 28 heavy (non-hydrogen) atoms. The molecule has 0 radical (unpaired) electrons. The minimum Gasteiger partial charge on any atom is -0.468 e. The Labute approximate surface area is 172 Å². The Kier molecular flexibility index (Phi) is 8.66. The number of carbonyl (C=O) groups excluding carboxylic acids is 1. The van der Waals surface area contributed by atoms with Crippen LogP contribution in [0.5, 0.6) is 0 Å². The second kappa shape index (κ2) is 10.7. The fourth-order valence-electron chi connectivity index (χ4n) is 3.39. The van der Waals surface area contributed by atoms with E-state index in [-0.39, 0.29) is 18.0 Å². The van der Waals surface area contributed by atoms with Gasteiger partial charge in [0, 0.05) is 17.5 Å². The van der Waals surface area contributed by atoms with Gasteiger partial charge in [-0.15, -0.1) is 11.3 Å². The molecule has 1 amide bonds. The van der Waals surface area contributed by atoms with Crippen LogP contribution < -0.4 is 5.32 Å². The Morgan fingerprint density at radius 1 is 1.32 bits per heavy atom. The van der Waals surface area contributed by atoms with Crippen molar-refractivity contribution in [3.05, 3.63) is 39.7 Å². The molecular formula is C21H34N4O2S. The van der Waals surface area contributed by atoms with Gasteiger partial charge in [0.15, 0.2) is 0 Å². The van der Waals surface area contributed by atoms with Crippen molar-refractivity contribution in [1.29, 1.82) is 0 Å². The first-order chi connectivity index (χ1) is 13.4. The Morgan fingerprint density at radius 2 is 2.04 bits per heavy atom. The lowest BCUT2D eigenvalue weighted by Gasteiger charge is -2.29.